The van der Waals surface area contributed by atoms with Gasteiger partial charge in [-0.25, -0.2) is 27.1 Å². The van der Waals surface area contributed by atoms with E-state index in [0.29, 0.717) is 28.8 Å². The Bertz CT molecular complexity index is 1330. The van der Waals surface area contributed by atoms with Crippen LogP contribution < -0.4 is 0 Å². The lowest BCUT2D eigenvalue weighted by Gasteiger charge is -2.20. The van der Waals surface area contributed by atoms with Crippen LogP contribution >= 0.6 is 0 Å². The molecule has 0 fully saturated rings. The molecule has 0 atom stereocenters. The lowest BCUT2D eigenvalue weighted by atomic mass is 10.0. The Morgan fingerprint density at radius 1 is 1.06 bits per heavy atom. The van der Waals surface area contributed by atoms with Gasteiger partial charge in [0.05, 0.1) is 21.6 Å². The van der Waals surface area contributed by atoms with Crippen LogP contribution in [0.5, 0.6) is 0 Å². The second-order valence-electron chi connectivity index (χ2n) is 10.1. The van der Waals surface area contributed by atoms with Gasteiger partial charge in [-0.05, 0) is 71.4 Å². The summed E-state index contributed by atoms with van der Waals surface area (Å²) < 4.78 is 33.1. The van der Waals surface area contributed by atoms with E-state index in [1.54, 1.807) is 71.0 Å². The summed E-state index contributed by atoms with van der Waals surface area (Å²) in [6.45, 7) is 10.6. The standard InChI is InChI=1S/C25H33N3O5S/c1-16-19(15-17-9-11-18(12-10-17)34(31,32)27(7)8)22-20(13-14-21(26-22)25(5,6)30)28(16)23(29)33-24(2,3)4/h9-14,30H,15H2,1-8H3. The van der Waals surface area contributed by atoms with Crippen molar-refractivity contribution in [1.29, 1.82) is 0 Å². The van der Waals surface area contributed by atoms with Gasteiger partial charge in [0.15, 0.2) is 0 Å². The van der Waals surface area contributed by atoms with E-state index in [0.717, 1.165) is 11.1 Å². The Balaban J connectivity index is 2.14. The Labute approximate surface area is 201 Å². The maximum atomic E-state index is 13.1. The SMILES string of the molecule is Cc1c(Cc2ccc(S(=O)(=O)N(C)C)cc2)c2nc(C(C)(C)O)ccc2n1C(=O)OC(C)(C)C. The minimum Gasteiger partial charge on any atom is -0.443 e. The third-order valence-electron chi connectivity index (χ3n) is 5.46. The number of aliphatic hydroxyl groups is 1. The molecule has 0 bridgehead atoms. The molecule has 1 aromatic carbocycles. The number of pyridine rings is 1. The second kappa shape index (κ2) is 8.79. The van der Waals surface area contributed by atoms with Crippen molar-refractivity contribution in [2.45, 2.75) is 64.1 Å². The van der Waals surface area contributed by atoms with Crippen LogP contribution in [0.4, 0.5) is 4.79 Å². The maximum Gasteiger partial charge on any atom is 0.419 e. The monoisotopic (exact) mass is 487 g/mol. The lowest BCUT2D eigenvalue weighted by molar-refractivity contribution is 0.0541. The molecule has 0 spiro atoms. The van der Waals surface area contributed by atoms with Gasteiger partial charge in [-0.2, -0.15) is 0 Å². The fourth-order valence-electron chi connectivity index (χ4n) is 3.63. The number of ether oxygens (including phenoxy) is 1. The highest BCUT2D eigenvalue weighted by atomic mass is 32.2. The van der Waals surface area contributed by atoms with Crippen LogP contribution in [0.25, 0.3) is 11.0 Å². The third-order valence-corrected chi connectivity index (χ3v) is 7.29. The van der Waals surface area contributed by atoms with Crippen molar-refractivity contribution in [1.82, 2.24) is 13.9 Å². The molecule has 9 heteroatoms. The number of carbonyl (C=O) groups is 1. The maximum absolute atomic E-state index is 13.1. The number of aromatic nitrogens is 2. The van der Waals surface area contributed by atoms with Gasteiger partial charge in [0, 0.05) is 31.8 Å². The van der Waals surface area contributed by atoms with E-state index in [4.69, 9.17) is 9.72 Å². The molecule has 0 amide bonds. The minimum atomic E-state index is -3.53. The highest BCUT2D eigenvalue weighted by Gasteiger charge is 2.27. The van der Waals surface area contributed by atoms with Crippen molar-refractivity contribution in [3.63, 3.8) is 0 Å². The van der Waals surface area contributed by atoms with Crippen LogP contribution in [-0.4, -0.2) is 53.2 Å². The summed E-state index contributed by atoms with van der Waals surface area (Å²) in [5, 5.41) is 10.5. The first kappa shape index (κ1) is 25.9. The summed E-state index contributed by atoms with van der Waals surface area (Å²) in [4.78, 5) is 18.0. The molecule has 1 N–H and O–H groups in total. The van der Waals surface area contributed by atoms with Crippen LogP contribution in [0.3, 0.4) is 0 Å². The normalized spacial score (nSPS) is 13.0. The van der Waals surface area contributed by atoms with Gasteiger partial charge in [-0.15, -0.1) is 0 Å². The minimum absolute atomic E-state index is 0.205. The van der Waals surface area contributed by atoms with Crippen LogP contribution in [0.15, 0.2) is 41.3 Å². The van der Waals surface area contributed by atoms with Crippen molar-refractivity contribution in [3.8, 4) is 0 Å². The molecule has 3 aromatic rings. The van der Waals surface area contributed by atoms with Crippen LogP contribution in [0.2, 0.25) is 0 Å². The Morgan fingerprint density at radius 2 is 1.65 bits per heavy atom. The van der Waals surface area contributed by atoms with E-state index in [1.165, 1.54) is 23.0 Å². The summed E-state index contributed by atoms with van der Waals surface area (Å²) >= 11 is 0. The molecule has 0 aliphatic rings. The van der Waals surface area contributed by atoms with E-state index >= 15 is 0 Å². The molecule has 0 radical (unpaired) electrons. The first-order chi connectivity index (χ1) is 15.5. The highest BCUT2D eigenvalue weighted by molar-refractivity contribution is 7.89. The fraction of sp³-hybridized carbons (Fsp3) is 0.440. The lowest BCUT2D eigenvalue weighted by Crippen LogP contribution is -2.27. The molecule has 0 aliphatic carbocycles. The molecule has 2 heterocycles. The number of fused-ring (bicyclic) bond motifs is 1. The summed E-state index contributed by atoms with van der Waals surface area (Å²) in [5.74, 6) is 0. The Morgan fingerprint density at radius 3 is 2.15 bits per heavy atom. The molecule has 0 saturated heterocycles. The fourth-order valence-corrected chi connectivity index (χ4v) is 4.53. The molecule has 34 heavy (non-hydrogen) atoms. The first-order valence-corrected chi connectivity index (χ1v) is 12.4. The molecule has 184 valence electrons. The molecule has 8 nitrogen and oxygen atoms in total. The molecule has 0 aliphatic heterocycles. The molecule has 3 rings (SSSR count). The first-order valence-electron chi connectivity index (χ1n) is 11.0. The largest absolute Gasteiger partial charge is 0.443 e. The summed E-state index contributed by atoms with van der Waals surface area (Å²) in [6, 6.07) is 10.1. The number of sulfonamides is 1. The molecular weight excluding hydrogens is 454 g/mol. The van der Waals surface area contributed by atoms with Gasteiger partial charge in [0.25, 0.3) is 0 Å². The van der Waals surface area contributed by atoms with E-state index in [2.05, 4.69) is 0 Å². The number of carbonyl (C=O) groups excluding carboxylic acids is 1. The van der Waals surface area contributed by atoms with E-state index < -0.39 is 27.3 Å². The van der Waals surface area contributed by atoms with Gasteiger partial charge in [0.1, 0.15) is 11.2 Å². The summed E-state index contributed by atoms with van der Waals surface area (Å²) in [5.41, 5.74) is 2.17. The van der Waals surface area contributed by atoms with Crippen LogP contribution in [-0.2, 0) is 26.8 Å². The van der Waals surface area contributed by atoms with Gasteiger partial charge < -0.3 is 9.84 Å². The smallest absolute Gasteiger partial charge is 0.419 e. The van der Waals surface area contributed by atoms with Gasteiger partial charge >= 0.3 is 6.09 Å². The van der Waals surface area contributed by atoms with E-state index in [-0.39, 0.29) is 4.90 Å². The predicted octanol–water partition coefficient (Wildman–Crippen LogP) is 4.20. The third kappa shape index (κ3) is 5.16. The van der Waals surface area contributed by atoms with Crippen molar-refractivity contribution >= 4 is 27.1 Å². The summed E-state index contributed by atoms with van der Waals surface area (Å²) in [6.07, 6.45) is -0.0885. The number of benzene rings is 1. The van der Waals surface area contributed by atoms with Crippen molar-refractivity contribution in [2.24, 2.45) is 0 Å². The highest BCUT2D eigenvalue weighted by Crippen LogP contribution is 2.30. The molecular formula is C25H33N3O5S. The van der Waals surface area contributed by atoms with Crippen molar-refractivity contribution < 1.29 is 23.1 Å². The van der Waals surface area contributed by atoms with Crippen molar-refractivity contribution in [3.05, 3.63) is 58.9 Å². The number of hydrogen-bond donors (Lipinski definition) is 1. The summed E-state index contributed by atoms with van der Waals surface area (Å²) in [7, 11) is -0.548. The number of hydrogen-bond acceptors (Lipinski definition) is 6. The average molecular weight is 488 g/mol. The zero-order valence-corrected chi connectivity index (χ0v) is 21.8. The van der Waals surface area contributed by atoms with E-state index in [1.807, 2.05) is 6.92 Å². The van der Waals surface area contributed by atoms with Gasteiger partial charge in [-0.1, -0.05) is 12.1 Å². The van der Waals surface area contributed by atoms with Crippen molar-refractivity contribution in [2.75, 3.05) is 14.1 Å². The zero-order chi connectivity index (χ0) is 25.6. The predicted molar refractivity (Wildman–Crippen MR) is 131 cm³/mol. The van der Waals surface area contributed by atoms with Gasteiger partial charge in [0.2, 0.25) is 10.0 Å². The number of rotatable bonds is 5. The van der Waals surface area contributed by atoms with Crippen LogP contribution in [0, 0.1) is 6.92 Å². The molecule has 0 unspecified atom stereocenters. The quantitative estimate of drug-likeness (QED) is 0.579. The topological polar surface area (TPSA) is 102 Å². The Hall–Kier alpha value is -2.75. The van der Waals surface area contributed by atoms with Gasteiger partial charge in [-0.3, -0.25) is 0 Å². The molecule has 2 aromatic heterocycles. The second-order valence-corrected chi connectivity index (χ2v) is 12.3. The number of nitrogens with zero attached hydrogens (tertiary/aromatic N) is 3. The average Bonchev–Trinajstić information content (AvgIpc) is 2.97. The van der Waals surface area contributed by atoms with E-state index in [9.17, 15) is 18.3 Å². The molecule has 0 saturated carbocycles. The van der Waals surface area contributed by atoms with Crippen LogP contribution in [0.1, 0.15) is 57.1 Å². The Kier molecular flexibility index (Phi) is 6.69. The zero-order valence-electron chi connectivity index (χ0n) is 21.0.